The number of ether oxygens (including phenoxy) is 1. The van der Waals surface area contributed by atoms with Gasteiger partial charge in [0.15, 0.2) is 16.8 Å². The van der Waals surface area contributed by atoms with Crippen LogP contribution in [0.2, 0.25) is 10.0 Å². The Morgan fingerprint density at radius 2 is 1.77 bits per heavy atom. The van der Waals surface area contributed by atoms with E-state index >= 15 is 0 Å². The average Bonchev–Trinajstić information content (AvgIpc) is 3.24. The van der Waals surface area contributed by atoms with Crippen molar-refractivity contribution in [2.45, 2.75) is 32.8 Å². The van der Waals surface area contributed by atoms with E-state index in [1.165, 1.54) is 5.56 Å². The lowest BCUT2D eigenvalue weighted by atomic mass is 10.0. The third kappa shape index (κ3) is 6.11. The van der Waals surface area contributed by atoms with E-state index in [0.29, 0.717) is 33.3 Å². The minimum absolute atomic E-state index is 0.142. The topological polar surface area (TPSA) is 76.4 Å². The van der Waals surface area contributed by atoms with Crippen molar-refractivity contribution in [1.82, 2.24) is 10.3 Å². The summed E-state index contributed by atoms with van der Waals surface area (Å²) in [5.74, 6) is 0.888. The van der Waals surface area contributed by atoms with E-state index in [1.807, 2.05) is 30.3 Å². The SMILES string of the molecule is CC(Oc1ccc(Cl)cc1Cl)C(=O)NC(=S)Nc1ccc(-c2nc3cc(C(C)C)ccc3o2)cc1. The summed E-state index contributed by atoms with van der Waals surface area (Å²) in [6.45, 7) is 5.88. The van der Waals surface area contributed by atoms with Gasteiger partial charge in [-0.2, -0.15) is 0 Å². The molecular weight excluding hydrogens is 505 g/mol. The molecule has 6 nitrogen and oxygen atoms in total. The first-order valence-electron chi connectivity index (χ1n) is 10.9. The summed E-state index contributed by atoms with van der Waals surface area (Å²) in [4.78, 5) is 17.1. The summed E-state index contributed by atoms with van der Waals surface area (Å²) in [7, 11) is 0. The number of hydrogen-bond acceptors (Lipinski definition) is 5. The van der Waals surface area contributed by atoms with E-state index in [4.69, 9.17) is 44.6 Å². The van der Waals surface area contributed by atoms with Crippen molar-refractivity contribution < 1.29 is 13.9 Å². The van der Waals surface area contributed by atoms with Crippen LogP contribution in [0.3, 0.4) is 0 Å². The van der Waals surface area contributed by atoms with Crippen molar-refractivity contribution in [3.63, 3.8) is 0 Å². The predicted octanol–water partition coefficient (Wildman–Crippen LogP) is 7.21. The maximum Gasteiger partial charge on any atom is 0.266 e. The lowest BCUT2D eigenvalue weighted by molar-refractivity contribution is -0.125. The maximum absolute atomic E-state index is 12.5. The van der Waals surface area contributed by atoms with Gasteiger partial charge in [0.05, 0.1) is 5.02 Å². The Kier molecular flexibility index (Phi) is 7.60. The number of aromatic nitrogens is 1. The van der Waals surface area contributed by atoms with Crippen molar-refractivity contribution in [2.75, 3.05) is 5.32 Å². The van der Waals surface area contributed by atoms with Crippen LogP contribution in [0.4, 0.5) is 5.69 Å². The fourth-order valence-electron chi connectivity index (χ4n) is 3.31. The molecule has 0 bridgehead atoms. The smallest absolute Gasteiger partial charge is 0.266 e. The Morgan fingerprint density at radius 3 is 2.46 bits per heavy atom. The summed E-state index contributed by atoms with van der Waals surface area (Å²) in [6, 6.07) is 18.2. The van der Waals surface area contributed by atoms with Crippen LogP contribution in [0, 0.1) is 0 Å². The predicted molar refractivity (Wildman–Crippen MR) is 144 cm³/mol. The molecule has 0 spiro atoms. The maximum atomic E-state index is 12.5. The Labute approximate surface area is 218 Å². The first kappa shape index (κ1) is 25.0. The molecule has 0 aliphatic carbocycles. The average molecular weight is 528 g/mol. The minimum Gasteiger partial charge on any atom is -0.479 e. The second-order valence-electron chi connectivity index (χ2n) is 8.26. The molecule has 180 valence electrons. The third-order valence-corrected chi connectivity index (χ3v) is 6.01. The highest BCUT2D eigenvalue weighted by molar-refractivity contribution is 7.80. The van der Waals surface area contributed by atoms with Gasteiger partial charge in [-0.25, -0.2) is 4.98 Å². The molecule has 1 atom stereocenters. The number of oxazole rings is 1. The molecule has 1 amide bonds. The molecule has 2 N–H and O–H groups in total. The third-order valence-electron chi connectivity index (χ3n) is 5.27. The number of anilines is 1. The van der Waals surface area contributed by atoms with Crippen molar-refractivity contribution in [3.8, 4) is 17.2 Å². The van der Waals surface area contributed by atoms with Crippen molar-refractivity contribution >= 4 is 63.2 Å². The molecule has 4 rings (SSSR count). The molecule has 1 unspecified atom stereocenters. The van der Waals surface area contributed by atoms with E-state index in [1.54, 1.807) is 25.1 Å². The van der Waals surface area contributed by atoms with Crippen molar-refractivity contribution in [1.29, 1.82) is 0 Å². The monoisotopic (exact) mass is 527 g/mol. The number of thiocarbonyl (C=S) groups is 1. The molecule has 9 heteroatoms. The number of carbonyl (C=O) groups excluding carboxylic acids is 1. The van der Waals surface area contributed by atoms with Crippen LogP contribution in [0.5, 0.6) is 5.75 Å². The van der Waals surface area contributed by atoms with Crippen LogP contribution < -0.4 is 15.4 Å². The van der Waals surface area contributed by atoms with E-state index in [2.05, 4.69) is 41.6 Å². The number of fused-ring (bicyclic) bond motifs is 1. The van der Waals surface area contributed by atoms with Crippen LogP contribution in [-0.2, 0) is 4.79 Å². The molecular formula is C26H23Cl2N3O3S. The Balaban J connectivity index is 1.36. The van der Waals surface area contributed by atoms with Crippen molar-refractivity contribution in [3.05, 3.63) is 76.3 Å². The van der Waals surface area contributed by atoms with Gasteiger partial charge in [-0.15, -0.1) is 0 Å². The highest BCUT2D eigenvalue weighted by Gasteiger charge is 2.18. The lowest BCUT2D eigenvalue weighted by Gasteiger charge is -2.16. The quantitative estimate of drug-likeness (QED) is 0.258. The molecule has 0 aliphatic heterocycles. The number of nitrogens with zero attached hydrogens (tertiary/aromatic N) is 1. The van der Waals surface area contributed by atoms with Crippen LogP contribution in [0.1, 0.15) is 32.3 Å². The Morgan fingerprint density at radius 1 is 1.03 bits per heavy atom. The van der Waals surface area contributed by atoms with E-state index in [9.17, 15) is 4.79 Å². The molecule has 0 radical (unpaired) electrons. The van der Waals surface area contributed by atoms with Gasteiger partial charge in [-0.05, 0) is 85.2 Å². The number of rotatable bonds is 6. The normalized spacial score (nSPS) is 11.9. The van der Waals surface area contributed by atoms with E-state index in [0.717, 1.165) is 16.7 Å². The molecule has 1 heterocycles. The molecule has 1 aromatic heterocycles. The summed E-state index contributed by atoms with van der Waals surface area (Å²) in [6.07, 6.45) is -0.828. The molecule has 0 fully saturated rings. The number of amides is 1. The zero-order chi connectivity index (χ0) is 25.1. The van der Waals surface area contributed by atoms with Gasteiger partial charge in [-0.3, -0.25) is 10.1 Å². The van der Waals surface area contributed by atoms with Crippen LogP contribution in [-0.4, -0.2) is 22.1 Å². The molecule has 0 saturated carbocycles. The first-order chi connectivity index (χ1) is 16.7. The Hall–Kier alpha value is -3.13. The number of hydrogen-bond donors (Lipinski definition) is 2. The largest absolute Gasteiger partial charge is 0.479 e. The fourth-order valence-corrected chi connectivity index (χ4v) is 3.99. The molecule has 0 saturated heterocycles. The zero-order valence-corrected chi connectivity index (χ0v) is 21.6. The number of benzene rings is 3. The van der Waals surface area contributed by atoms with Gasteiger partial charge in [0.2, 0.25) is 5.89 Å². The van der Waals surface area contributed by atoms with Crippen LogP contribution in [0.15, 0.2) is 65.1 Å². The summed E-state index contributed by atoms with van der Waals surface area (Å²) < 4.78 is 11.5. The fraction of sp³-hybridized carbons (Fsp3) is 0.192. The van der Waals surface area contributed by atoms with E-state index < -0.39 is 12.0 Å². The summed E-state index contributed by atoms with van der Waals surface area (Å²) in [5.41, 5.74) is 4.31. The van der Waals surface area contributed by atoms with Gasteiger partial charge < -0.3 is 14.5 Å². The highest BCUT2D eigenvalue weighted by Crippen LogP contribution is 2.29. The van der Waals surface area contributed by atoms with Crippen LogP contribution in [0.25, 0.3) is 22.6 Å². The number of nitrogens with one attached hydrogen (secondary N) is 2. The van der Waals surface area contributed by atoms with Gasteiger partial charge in [0, 0.05) is 16.3 Å². The second-order valence-corrected chi connectivity index (χ2v) is 9.51. The molecule has 3 aromatic carbocycles. The lowest BCUT2D eigenvalue weighted by Crippen LogP contribution is -2.42. The van der Waals surface area contributed by atoms with Gasteiger partial charge >= 0.3 is 0 Å². The van der Waals surface area contributed by atoms with Crippen molar-refractivity contribution in [2.24, 2.45) is 0 Å². The molecule has 0 aliphatic rings. The highest BCUT2D eigenvalue weighted by atomic mass is 35.5. The standard InChI is InChI=1S/C26H23Cl2N3O3S/c1-14(2)17-6-10-23-21(12-17)30-25(34-23)16-4-8-19(9-5-16)29-26(35)31-24(32)15(3)33-22-11-7-18(27)13-20(22)28/h4-15H,1-3H3,(H2,29,31,32,35). The second kappa shape index (κ2) is 10.6. The minimum atomic E-state index is -0.828. The first-order valence-corrected chi connectivity index (χ1v) is 12.1. The van der Waals surface area contributed by atoms with Gasteiger partial charge in [0.1, 0.15) is 11.3 Å². The van der Waals surface area contributed by atoms with Gasteiger partial charge in [-0.1, -0.05) is 43.1 Å². The Bertz CT molecular complexity index is 1390. The molecule has 35 heavy (non-hydrogen) atoms. The molecule has 4 aromatic rings. The number of carbonyl (C=O) groups is 1. The van der Waals surface area contributed by atoms with Crippen LogP contribution >= 0.6 is 35.4 Å². The van der Waals surface area contributed by atoms with E-state index in [-0.39, 0.29) is 5.11 Å². The van der Waals surface area contributed by atoms with Gasteiger partial charge in [0.25, 0.3) is 5.91 Å². The number of halogens is 2. The zero-order valence-electron chi connectivity index (χ0n) is 19.3. The summed E-state index contributed by atoms with van der Waals surface area (Å²) in [5, 5.41) is 6.54. The summed E-state index contributed by atoms with van der Waals surface area (Å²) >= 11 is 17.3.